The van der Waals surface area contributed by atoms with Gasteiger partial charge in [-0.2, -0.15) is 0 Å². The lowest BCUT2D eigenvalue weighted by Gasteiger charge is -2.46. The van der Waals surface area contributed by atoms with E-state index in [1.165, 1.54) is 36.1 Å². The summed E-state index contributed by atoms with van der Waals surface area (Å²) in [6, 6.07) is 21.4. The number of para-hydroxylation sites is 2. The maximum atomic E-state index is 14.8. The number of nitrogens with zero attached hydrogens (tertiary/aromatic N) is 2. The molecule has 4 atom stereocenters. The minimum atomic E-state index is -4.38. The number of aliphatic hydroxyl groups excluding tert-OH is 1. The summed E-state index contributed by atoms with van der Waals surface area (Å²) in [5.74, 6) is -2.55. The zero-order valence-corrected chi connectivity index (χ0v) is 23.0. The van der Waals surface area contributed by atoms with Crippen molar-refractivity contribution in [1.82, 2.24) is 4.90 Å². The van der Waals surface area contributed by atoms with Gasteiger partial charge in [0.2, 0.25) is 5.91 Å². The van der Waals surface area contributed by atoms with Crippen LogP contribution in [0.15, 0.2) is 95.9 Å². The van der Waals surface area contributed by atoms with Crippen LogP contribution in [0.25, 0.3) is 0 Å². The number of ether oxygens (including phenoxy) is 1. The largest absolute Gasteiger partial charge is 0.461 e. The molecule has 2 aliphatic heterocycles. The Morgan fingerprint density at radius 2 is 1.54 bits per heavy atom. The first kappa shape index (κ1) is 28.1. The summed E-state index contributed by atoms with van der Waals surface area (Å²) in [6.45, 7) is 2.91. The van der Waals surface area contributed by atoms with Crippen molar-refractivity contribution < 1.29 is 38.0 Å². The van der Waals surface area contributed by atoms with E-state index in [2.05, 4.69) is 0 Å². The van der Waals surface area contributed by atoms with Gasteiger partial charge in [-0.05, 0) is 48.9 Å². The number of nitro groups is 1. The number of carbonyl (C=O) groups excluding carboxylic acids is 2. The van der Waals surface area contributed by atoms with Gasteiger partial charge in [0, 0.05) is 18.1 Å². The van der Waals surface area contributed by atoms with E-state index in [4.69, 9.17) is 13.8 Å². The van der Waals surface area contributed by atoms with Crippen molar-refractivity contribution >= 4 is 25.2 Å². The average Bonchev–Trinajstić information content (AvgIpc) is 3.21. The van der Waals surface area contributed by atoms with Crippen molar-refractivity contribution in [3.05, 3.63) is 112 Å². The van der Waals surface area contributed by atoms with Gasteiger partial charge in [0.1, 0.15) is 29.1 Å². The Morgan fingerprint density at radius 3 is 2.02 bits per heavy atom. The van der Waals surface area contributed by atoms with Crippen LogP contribution in [-0.4, -0.2) is 39.0 Å². The summed E-state index contributed by atoms with van der Waals surface area (Å²) in [7, 11) is -4.38. The van der Waals surface area contributed by atoms with Gasteiger partial charge in [-0.1, -0.05) is 43.3 Å². The minimum Gasteiger partial charge on any atom is -0.456 e. The molecule has 0 aliphatic carbocycles. The van der Waals surface area contributed by atoms with E-state index in [-0.39, 0.29) is 34.8 Å². The molecular weight excluding hydrogens is 551 g/mol. The van der Waals surface area contributed by atoms with Crippen LogP contribution < -0.4 is 9.05 Å². The lowest BCUT2D eigenvalue weighted by molar-refractivity contribution is -0.384. The van der Waals surface area contributed by atoms with Crippen LogP contribution in [0.1, 0.15) is 19.4 Å². The predicted molar refractivity (Wildman–Crippen MR) is 147 cm³/mol. The molecule has 2 aliphatic rings. The lowest BCUT2D eigenvalue weighted by Crippen LogP contribution is -2.63. The summed E-state index contributed by atoms with van der Waals surface area (Å²) in [5, 5.41) is 21.3. The predicted octanol–water partition coefficient (Wildman–Crippen LogP) is 5.06. The van der Waals surface area contributed by atoms with Crippen LogP contribution in [0.2, 0.25) is 0 Å². The number of esters is 1. The third-order valence-corrected chi connectivity index (χ3v) is 9.19. The first-order valence-electron chi connectivity index (χ1n) is 12.9. The Labute approximate surface area is 235 Å². The number of nitro benzene ring substituents is 1. The fourth-order valence-electron chi connectivity index (χ4n) is 5.19. The Hall–Kier alpha value is -4.47. The highest BCUT2D eigenvalue weighted by atomic mass is 31.2. The molecule has 212 valence electrons. The first-order chi connectivity index (χ1) is 19.6. The van der Waals surface area contributed by atoms with E-state index in [0.717, 1.165) is 0 Å². The summed E-state index contributed by atoms with van der Waals surface area (Å²) in [5.41, 5.74) is 0.0844. The van der Waals surface area contributed by atoms with Crippen molar-refractivity contribution in [2.75, 3.05) is 0 Å². The molecule has 0 radical (unpaired) electrons. The highest BCUT2D eigenvalue weighted by Gasteiger charge is 2.64. The molecule has 1 fully saturated rings. The smallest absolute Gasteiger partial charge is 0.456 e. The quantitative estimate of drug-likeness (QED) is 0.115. The minimum absolute atomic E-state index is 0.0413. The van der Waals surface area contributed by atoms with Crippen molar-refractivity contribution in [2.24, 2.45) is 11.8 Å². The molecule has 5 rings (SSSR count). The Bertz CT molecular complexity index is 1500. The van der Waals surface area contributed by atoms with Crippen molar-refractivity contribution in [1.29, 1.82) is 0 Å². The summed E-state index contributed by atoms with van der Waals surface area (Å²) in [4.78, 5) is 38.5. The number of hydrogen-bond donors (Lipinski definition) is 1. The second kappa shape index (κ2) is 11.2. The van der Waals surface area contributed by atoms with Crippen molar-refractivity contribution in [3.63, 3.8) is 0 Å². The highest BCUT2D eigenvalue weighted by Crippen LogP contribution is 2.65. The number of rotatable bonds is 10. The number of fused-ring (bicyclic) bond motifs is 1. The zero-order valence-electron chi connectivity index (χ0n) is 22.2. The third-order valence-electron chi connectivity index (χ3n) is 7.08. The van der Waals surface area contributed by atoms with Crippen LogP contribution in [0, 0.1) is 22.0 Å². The van der Waals surface area contributed by atoms with Crippen LogP contribution >= 0.6 is 7.60 Å². The maximum Gasteiger partial charge on any atom is 0.461 e. The third kappa shape index (κ3) is 5.33. The van der Waals surface area contributed by atoms with Crippen molar-refractivity contribution in [2.45, 2.75) is 32.6 Å². The lowest BCUT2D eigenvalue weighted by atomic mass is 9.79. The number of non-ortho nitro benzene ring substituents is 1. The maximum absolute atomic E-state index is 14.8. The van der Waals surface area contributed by atoms with Gasteiger partial charge in [0.15, 0.2) is 0 Å². The topological polar surface area (TPSA) is 146 Å². The van der Waals surface area contributed by atoms with E-state index < -0.39 is 48.4 Å². The molecule has 0 saturated carbocycles. The number of aliphatic hydroxyl groups is 1. The van der Waals surface area contributed by atoms with Gasteiger partial charge in [-0.25, -0.2) is 9.36 Å². The Balaban J connectivity index is 1.56. The van der Waals surface area contributed by atoms with E-state index >= 15 is 0 Å². The number of hydrogen-bond acceptors (Lipinski definition) is 9. The molecule has 1 N–H and O–H groups in total. The number of carbonyl (C=O) groups is 2. The molecule has 41 heavy (non-hydrogen) atoms. The summed E-state index contributed by atoms with van der Waals surface area (Å²) < 4.78 is 32.3. The molecule has 0 aromatic heterocycles. The molecule has 12 heteroatoms. The normalized spacial score (nSPS) is 20.6. The Morgan fingerprint density at radius 1 is 1.00 bits per heavy atom. The van der Waals surface area contributed by atoms with E-state index in [0.29, 0.717) is 5.56 Å². The van der Waals surface area contributed by atoms with E-state index in [9.17, 15) is 29.4 Å². The van der Waals surface area contributed by atoms with E-state index in [1.54, 1.807) is 67.6 Å². The van der Waals surface area contributed by atoms with Gasteiger partial charge in [0.25, 0.3) is 5.69 Å². The SMILES string of the molecule is C[C@H]1C(P(=O)(Oc2ccccc2)Oc2ccccc2)=C(C(=O)OCc2ccc([N+](=O)[O-])cc2)N2C(=O)[C@@H]([C@@H](C)O)C12. The van der Waals surface area contributed by atoms with Gasteiger partial charge < -0.3 is 23.8 Å². The number of benzene rings is 3. The fraction of sp³-hybridized carbons (Fsp3) is 0.241. The summed E-state index contributed by atoms with van der Waals surface area (Å²) >= 11 is 0. The van der Waals surface area contributed by atoms with Gasteiger partial charge in [-0.3, -0.25) is 14.9 Å². The summed E-state index contributed by atoms with van der Waals surface area (Å²) in [6.07, 6.45) is -1.02. The van der Waals surface area contributed by atoms with Gasteiger partial charge in [0.05, 0.1) is 23.0 Å². The van der Waals surface area contributed by atoms with Crippen LogP contribution in [0.3, 0.4) is 0 Å². The van der Waals surface area contributed by atoms with Crippen LogP contribution in [0.5, 0.6) is 11.5 Å². The molecule has 1 unspecified atom stereocenters. The average molecular weight is 579 g/mol. The van der Waals surface area contributed by atoms with Gasteiger partial charge in [-0.15, -0.1) is 0 Å². The molecule has 1 amide bonds. The van der Waals surface area contributed by atoms with Crippen LogP contribution in [0.4, 0.5) is 5.69 Å². The standard InChI is InChI=1S/C29H27N2O9P/c1-18-25-24(19(2)32)28(33)30(25)26(29(34)38-17-20-13-15-21(16-14-20)31(35)36)27(18)41(37,39-22-9-5-3-6-10-22)40-23-11-7-4-8-12-23/h3-16,18-19,24-25,32H,17H2,1-2H3/t18-,19-,24+,25?/m1/s1. The number of β-lactam (4-membered cyclic amide) rings is 1. The second-order valence-corrected chi connectivity index (χ2v) is 11.6. The second-order valence-electron chi connectivity index (χ2n) is 9.79. The van der Waals surface area contributed by atoms with Crippen molar-refractivity contribution in [3.8, 4) is 11.5 Å². The molecule has 3 aromatic rings. The number of amides is 1. The Kier molecular flexibility index (Phi) is 7.66. The molecule has 0 bridgehead atoms. The highest BCUT2D eigenvalue weighted by molar-refractivity contribution is 7.59. The van der Waals surface area contributed by atoms with Crippen LogP contribution in [-0.2, 0) is 25.5 Å². The van der Waals surface area contributed by atoms with E-state index in [1.807, 2.05) is 0 Å². The molecule has 2 heterocycles. The monoisotopic (exact) mass is 578 g/mol. The molecular formula is C29H27N2O9P. The fourth-order valence-corrected chi connectivity index (χ4v) is 7.33. The molecule has 0 spiro atoms. The molecule has 1 saturated heterocycles. The zero-order chi connectivity index (χ0) is 29.3. The first-order valence-corrected chi connectivity index (χ1v) is 14.4. The van der Waals surface area contributed by atoms with Gasteiger partial charge >= 0.3 is 13.6 Å². The molecule has 3 aromatic carbocycles. The molecule has 11 nitrogen and oxygen atoms in total.